The first-order chi connectivity index (χ1) is 14.5. The standard InChI is InChI=1S/C24H19N3O3/c1-15(28)26-17-8-6-7-16(13-17)18-9-2-5-12-22(18)27-24(30)20-14-25-21-11-4-3-10-19(21)23(20)29/h2-14H,1H3,(H,25,29)(H,26,28)(H,27,30). The van der Waals surface area contributed by atoms with Crippen molar-refractivity contribution in [3.8, 4) is 11.1 Å². The minimum Gasteiger partial charge on any atom is -0.360 e. The van der Waals surface area contributed by atoms with E-state index in [-0.39, 0.29) is 16.9 Å². The Morgan fingerprint density at radius 3 is 2.47 bits per heavy atom. The van der Waals surface area contributed by atoms with E-state index in [0.29, 0.717) is 22.3 Å². The molecule has 0 aliphatic rings. The van der Waals surface area contributed by atoms with Gasteiger partial charge in [0, 0.05) is 41.0 Å². The first-order valence-electron chi connectivity index (χ1n) is 9.42. The molecule has 2 amide bonds. The van der Waals surface area contributed by atoms with Gasteiger partial charge in [0.25, 0.3) is 5.91 Å². The van der Waals surface area contributed by atoms with Crippen LogP contribution in [0.3, 0.4) is 0 Å². The van der Waals surface area contributed by atoms with Crippen LogP contribution in [0, 0.1) is 0 Å². The highest BCUT2D eigenvalue weighted by Crippen LogP contribution is 2.30. The summed E-state index contributed by atoms with van der Waals surface area (Å²) in [6.07, 6.45) is 1.43. The minimum absolute atomic E-state index is 0.0375. The number of anilines is 2. The highest BCUT2D eigenvalue weighted by molar-refractivity contribution is 6.07. The van der Waals surface area contributed by atoms with E-state index in [1.165, 1.54) is 13.1 Å². The largest absolute Gasteiger partial charge is 0.360 e. The van der Waals surface area contributed by atoms with Crippen LogP contribution in [0.5, 0.6) is 0 Å². The van der Waals surface area contributed by atoms with E-state index in [9.17, 15) is 14.4 Å². The van der Waals surface area contributed by atoms with Gasteiger partial charge in [-0.25, -0.2) is 0 Å². The molecule has 4 aromatic rings. The third kappa shape index (κ3) is 3.84. The summed E-state index contributed by atoms with van der Waals surface area (Å²) in [6, 6.07) is 21.7. The van der Waals surface area contributed by atoms with Gasteiger partial charge >= 0.3 is 0 Å². The van der Waals surface area contributed by atoms with Crippen LogP contribution in [0.4, 0.5) is 11.4 Å². The molecular weight excluding hydrogens is 378 g/mol. The molecule has 0 saturated carbocycles. The topological polar surface area (TPSA) is 91.1 Å². The van der Waals surface area contributed by atoms with Crippen LogP contribution in [0.15, 0.2) is 83.8 Å². The summed E-state index contributed by atoms with van der Waals surface area (Å²) in [7, 11) is 0. The van der Waals surface area contributed by atoms with Crippen LogP contribution in [-0.4, -0.2) is 16.8 Å². The number of carbonyl (C=O) groups is 2. The second-order valence-corrected chi connectivity index (χ2v) is 6.84. The summed E-state index contributed by atoms with van der Waals surface area (Å²) in [5, 5.41) is 6.06. The number of para-hydroxylation sites is 2. The molecule has 1 aromatic heterocycles. The molecular formula is C24H19N3O3. The zero-order valence-electron chi connectivity index (χ0n) is 16.2. The maximum absolute atomic E-state index is 12.9. The number of nitrogens with one attached hydrogen (secondary N) is 3. The number of hydrogen-bond donors (Lipinski definition) is 3. The van der Waals surface area contributed by atoms with E-state index >= 15 is 0 Å². The summed E-state index contributed by atoms with van der Waals surface area (Å²) >= 11 is 0. The monoisotopic (exact) mass is 397 g/mol. The summed E-state index contributed by atoms with van der Waals surface area (Å²) in [4.78, 5) is 40.0. The van der Waals surface area contributed by atoms with E-state index in [4.69, 9.17) is 0 Å². The second kappa shape index (κ2) is 8.05. The Morgan fingerprint density at radius 2 is 1.63 bits per heavy atom. The van der Waals surface area contributed by atoms with Crippen molar-refractivity contribution in [2.75, 3.05) is 10.6 Å². The molecule has 0 atom stereocenters. The van der Waals surface area contributed by atoms with E-state index in [1.54, 1.807) is 36.4 Å². The molecule has 0 aliphatic heterocycles. The number of pyridine rings is 1. The van der Waals surface area contributed by atoms with Crippen molar-refractivity contribution in [3.63, 3.8) is 0 Å². The maximum atomic E-state index is 12.9. The summed E-state index contributed by atoms with van der Waals surface area (Å²) < 4.78 is 0. The lowest BCUT2D eigenvalue weighted by molar-refractivity contribution is -0.114. The van der Waals surface area contributed by atoms with Crippen molar-refractivity contribution >= 4 is 34.1 Å². The van der Waals surface area contributed by atoms with Gasteiger partial charge in [-0.1, -0.05) is 42.5 Å². The Balaban J connectivity index is 1.69. The second-order valence-electron chi connectivity index (χ2n) is 6.84. The lowest BCUT2D eigenvalue weighted by atomic mass is 10.0. The molecule has 0 aliphatic carbocycles. The quantitative estimate of drug-likeness (QED) is 0.476. The number of carbonyl (C=O) groups excluding carboxylic acids is 2. The van der Waals surface area contributed by atoms with E-state index in [0.717, 1.165) is 11.1 Å². The fourth-order valence-electron chi connectivity index (χ4n) is 3.34. The SMILES string of the molecule is CC(=O)Nc1cccc(-c2ccccc2NC(=O)c2c[nH]c3ccccc3c2=O)c1. The summed E-state index contributed by atoms with van der Waals surface area (Å²) in [5.74, 6) is -0.656. The number of H-pyrrole nitrogens is 1. The van der Waals surface area contributed by atoms with Crippen molar-refractivity contribution < 1.29 is 9.59 Å². The zero-order valence-corrected chi connectivity index (χ0v) is 16.2. The van der Waals surface area contributed by atoms with Gasteiger partial charge in [0.1, 0.15) is 5.56 Å². The lowest BCUT2D eigenvalue weighted by Gasteiger charge is -2.12. The molecule has 6 heteroatoms. The molecule has 0 fully saturated rings. The molecule has 3 aromatic carbocycles. The van der Waals surface area contributed by atoms with Crippen LogP contribution in [-0.2, 0) is 4.79 Å². The molecule has 0 radical (unpaired) electrons. The van der Waals surface area contributed by atoms with Crippen molar-refractivity contribution in [2.24, 2.45) is 0 Å². The number of aromatic nitrogens is 1. The van der Waals surface area contributed by atoms with Crippen LogP contribution < -0.4 is 16.1 Å². The van der Waals surface area contributed by atoms with Crippen LogP contribution in [0.25, 0.3) is 22.0 Å². The number of hydrogen-bond acceptors (Lipinski definition) is 3. The molecule has 0 unspecified atom stereocenters. The molecule has 0 spiro atoms. The molecule has 6 nitrogen and oxygen atoms in total. The number of fused-ring (bicyclic) bond motifs is 1. The smallest absolute Gasteiger partial charge is 0.261 e. The molecule has 0 saturated heterocycles. The van der Waals surface area contributed by atoms with Crippen LogP contribution in [0.1, 0.15) is 17.3 Å². The van der Waals surface area contributed by atoms with E-state index in [1.807, 2.05) is 36.4 Å². The molecule has 3 N–H and O–H groups in total. The molecule has 1 heterocycles. The lowest BCUT2D eigenvalue weighted by Crippen LogP contribution is -2.22. The molecule has 4 rings (SSSR count). The average Bonchev–Trinajstić information content (AvgIpc) is 2.74. The van der Waals surface area contributed by atoms with Gasteiger partial charge in [-0.2, -0.15) is 0 Å². The Morgan fingerprint density at radius 1 is 0.867 bits per heavy atom. The van der Waals surface area contributed by atoms with Crippen molar-refractivity contribution in [1.82, 2.24) is 4.98 Å². The van der Waals surface area contributed by atoms with Gasteiger partial charge in [0.2, 0.25) is 11.3 Å². The fourth-order valence-corrected chi connectivity index (χ4v) is 3.34. The maximum Gasteiger partial charge on any atom is 0.261 e. The van der Waals surface area contributed by atoms with Gasteiger partial charge in [0.15, 0.2) is 0 Å². The zero-order chi connectivity index (χ0) is 21.1. The highest BCUT2D eigenvalue weighted by Gasteiger charge is 2.15. The van der Waals surface area contributed by atoms with Gasteiger partial charge in [-0.05, 0) is 35.9 Å². The van der Waals surface area contributed by atoms with Gasteiger partial charge in [0.05, 0.1) is 0 Å². The van der Waals surface area contributed by atoms with Gasteiger partial charge in [-0.3, -0.25) is 14.4 Å². The normalized spacial score (nSPS) is 10.6. The Kier molecular flexibility index (Phi) is 5.13. The summed E-state index contributed by atoms with van der Waals surface area (Å²) in [6.45, 7) is 1.45. The summed E-state index contributed by atoms with van der Waals surface area (Å²) in [5.41, 5.74) is 3.21. The Labute approximate surface area is 172 Å². The minimum atomic E-state index is -0.493. The van der Waals surface area contributed by atoms with Gasteiger partial charge < -0.3 is 15.6 Å². The van der Waals surface area contributed by atoms with Crippen molar-refractivity contribution in [1.29, 1.82) is 0 Å². The van der Waals surface area contributed by atoms with E-state index < -0.39 is 5.91 Å². The number of aromatic amines is 1. The average molecular weight is 397 g/mol. The predicted octanol–water partition coefficient (Wildman–Crippen LogP) is 4.41. The molecule has 30 heavy (non-hydrogen) atoms. The Hall–Kier alpha value is -4.19. The van der Waals surface area contributed by atoms with Crippen molar-refractivity contribution in [3.05, 3.63) is 94.8 Å². The van der Waals surface area contributed by atoms with E-state index in [2.05, 4.69) is 15.6 Å². The van der Waals surface area contributed by atoms with Gasteiger partial charge in [-0.15, -0.1) is 0 Å². The van der Waals surface area contributed by atoms with Crippen molar-refractivity contribution in [2.45, 2.75) is 6.92 Å². The predicted molar refractivity (Wildman–Crippen MR) is 119 cm³/mol. The molecule has 148 valence electrons. The number of amides is 2. The van der Waals surface area contributed by atoms with Crippen LogP contribution in [0.2, 0.25) is 0 Å². The third-order valence-electron chi connectivity index (χ3n) is 4.70. The Bertz CT molecular complexity index is 1320. The molecule has 0 bridgehead atoms. The number of benzene rings is 3. The fraction of sp³-hybridized carbons (Fsp3) is 0.0417. The van der Waals surface area contributed by atoms with Crippen LogP contribution >= 0.6 is 0 Å². The first kappa shape index (κ1) is 19.1. The third-order valence-corrected chi connectivity index (χ3v) is 4.70. The highest BCUT2D eigenvalue weighted by atomic mass is 16.2. The number of rotatable bonds is 4. The first-order valence-corrected chi connectivity index (χ1v) is 9.42.